The molecule has 1 aromatic rings. The Kier molecular flexibility index (Phi) is 4.84. The molecule has 124 valence electrons. The fourth-order valence-corrected chi connectivity index (χ4v) is 4.26. The van der Waals surface area contributed by atoms with Gasteiger partial charge in [0.05, 0.1) is 10.5 Å². The van der Waals surface area contributed by atoms with Crippen LogP contribution in [0.1, 0.15) is 24.0 Å². The summed E-state index contributed by atoms with van der Waals surface area (Å²) in [4.78, 5) is -0.0680. The average molecular weight is 336 g/mol. The van der Waals surface area contributed by atoms with Crippen molar-refractivity contribution >= 4 is 10.0 Å². The number of alkyl halides is 3. The second-order valence-corrected chi connectivity index (χ2v) is 7.45. The standard InChI is InChI=1S/C14H19F3N2O2S/c1-10-9-11(14(15,16)17)3-4-13(10)22(20,21)19(2)12-5-7-18-8-6-12/h3-4,9,12,18H,5-8H2,1-2H3. The van der Waals surface area contributed by atoms with Crippen LogP contribution in [0.4, 0.5) is 13.2 Å². The van der Waals surface area contributed by atoms with Crippen LogP contribution in [0.3, 0.4) is 0 Å². The smallest absolute Gasteiger partial charge is 0.317 e. The number of nitrogens with zero attached hydrogens (tertiary/aromatic N) is 1. The fraction of sp³-hybridized carbons (Fsp3) is 0.571. The van der Waals surface area contributed by atoms with Crippen molar-refractivity contribution in [2.24, 2.45) is 0 Å². The number of rotatable bonds is 3. The van der Waals surface area contributed by atoms with E-state index in [4.69, 9.17) is 0 Å². The molecule has 0 unspecified atom stereocenters. The quantitative estimate of drug-likeness (QED) is 0.922. The summed E-state index contributed by atoms with van der Waals surface area (Å²) in [6, 6.07) is 2.61. The predicted octanol–water partition coefficient (Wildman–Crippen LogP) is 2.39. The highest BCUT2D eigenvalue weighted by atomic mass is 32.2. The minimum Gasteiger partial charge on any atom is -0.317 e. The fourth-order valence-electron chi connectivity index (χ4n) is 2.64. The van der Waals surface area contributed by atoms with Gasteiger partial charge in [-0.1, -0.05) is 0 Å². The van der Waals surface area contributed by atoms with E-state index in [0.29, 0.717) is 12.8 Å². The zero-order chi connectivity index (χ0) is 16.5. The number of benzene rings is 1. The van der Waals surface area contributed by atoms with Crippen LogP contribution in [-0.2, 0) is 16.2 Å². The molecule has 1 aromatic carbocycles. The molecule has 1 N–H and O–H groups in total. The minimum absolute atomic E-state index is 0.0680. The topological polar surface area (TPSA) is 49.4 Å². The monoisotopic (exact) mass is 336 g/mol. The lowest BCUT2D eigenvalue weighted by atomic mass is 10.1. The molecule has 0 atom stereocenters. The van der Waals surface area contributed by atoms with Crippen molar-refractivity contribution in [1.82, 2.24) is 9.62 Å². The van der Waals surface area contributed by atoms with Crippen molar-refractivity contribution in [2.75, 3.05) is 20.1 Å². The van der Waals surface area contributed by atoms with Gasteiger partial charge in [-0.25, -0.2) is 8.42 Å². The van der Waals surface area contributed by atoms with Gasteiger partial charge in [-0.2, -0.15) is 17.5 Å². The Morgan fingerprint density at radius 1 is 1.23 bits per heavy atom. The largest absolute Gasteiger partial charge is 0.416 e. The van der Waals surface area contributed by atoms with Crippen molar-refractivity contribution in [3.8, 4) is 0 Å². The molecule has 0 radical (unpaired) electrons. The lowest BCUT2D eigenvalue weighted by Gasteiger charge is -2.31. The summed E-state index contributed by atoms with van der Waals surface area (Å²) < 4.78 is 64.6. The van der Waals surface area contributed by atoms with Crippen LogP contribution in [0.25, 0.3) is 0 Å². The van der Waals surface area contributed by atoms with E-state index in [1.165, 1.54) is 18.3 Å². The molecule has 0 bridgehead atoms. The summed E-state index contributed by atoms with van der Waals surface area (Å²) in [7, 11) is -2.30. The van der Waals surface area contributed by atoms with Gasteiger partial charge in [0, 0.05) is 13.1 Å². The number of halogens is 3. The Morgan fingerprint density at radius 2 is 1.82 bits per heavy atom. The first-order valence-electron chi connectivity index (χ1n) is 7.00. The second kappa shape index (κ2) is 6.17. The van der Waals surface area contributed by atoms with Gasteiger partial charge < -0.3 is 5.32 Å². The molecule has 1 heterocycles. The molecule has 0 spiro atoms. The van der Waals surface area contributed by atoms with Crippen LogP contribution in [0.5, 0.6) is 0 Å². The molecule has 1 aliphatic heterocycles. The summed E-state index contributed by atoms with van der Waals surface area (Å²) in [6.45, 7) is 2.85. The van der Waals surface area contributed by atoms with E-state index >= 15 is 0 Å². The Hall–Kier alpha value is -1.12. The van der Waals surface area contributed by atoms with Gasteiger partial charge in [-0.15, -0.1) is 0 Å². The molecule has 1 aliphatic rings. The van der Waals surface area contributed by atoms with E-state index in [0.717, 1.165) is 31.3 Å². The summed E-state index contributed by atoms with van der Waals surface area (Å²) in [5.74, 6) is 0. The molecular formula is C14H19F3N2O2S. The molecule has 0 aromatic heterocycles. The van der Waals surface area contributed by atoms with Gasteiger partial charge in [-0.3, -0.25) is 0 Å². The van der Waals surface area contributed by atoms with E-state index in [1.807, 2.05) is 0 Å². The van der Waals surface area contributed by atoms with E-state index in [2.05, 4.69) is 5.32 Å². The summed E-state index contributed by atoms with van der Waals surface area (Å²) in [5.41, 5.74) is -0.732. The SMILES string of the molecule is Cc1cc(C(F)(F)F)ccc1S(=O)(=O)N(C)C1CCNCC1. The van der Waals surface area contributed by atoms with Crippen LogP contribution >= 0.6 is 0 Å². The molecule has 22 heavy (non-hydrogen) atoms. The third-order valence-electron chi connectivity index (χ3n) is 3.98. The first-order chi connectivity index (χ1) is 10.1. The van der Waals surface area contributed by atoms with Crippen molar-refractivity contribution in [3.05, 3.63) is 29.3 Å². The molecule has 0 saturated carbocycles. The number of piperidine rings is 1. The highest BCUT2D eigenvalue weighted by Gasteiger charge is 2.34. The second-order valence-electron chi connectivity index (χ2n) is 5.48. The van der Waals surface area contributed by atoms with Gasteiger partial charge in [0.15, 0.2) is 0 Å². The summed E-state index contributed by atoms with van der Waals surface area (Å²) in [5, 5.41) is 3.15. The maximum absolute atomic E-state index is 12.7. The van der Waals surface area contributed by atoms with Gasteiger partial charge in [0.1, 0.15) is 0 Å². The van der Waals surface area contributed by atoms with Crippen molar-refractivity contribution in [1.29, 1.82) is 0 Å². The molecule has 0 aliphatic carbocycles. The lowest BCUT2D eigenvalue weighted by Crippen LogP contribution is -2.44. The van der Waals surface area contributed by atoms with E-state index in [1.54, 1.807) is 0 Å². The maximum Gasteiger partial charge on any atom is 0.416 e. The normalized spacial score (nSPS) is 17.9. The Labute approximate surface area is 128 Å². The maximum atomic E-state index is 12.7. The minimum atomic E-state index is -4.48. The molecule has 1 fully saturated rings. The number of aryl methyl sites for hydroxylation is 1. The highest BCUT2D eigenvalue weighted by molar-refractivity contribution is 7.89. The Morgan fingerprint density at radius 3 is 2.32 bits per heavy atom. The summed E-state index contributed by atoms with van der Waals surface area (Å²) >= 11 is 0. The van der Waals surface area contributed by atoms with Gasteiger partial charge >= 0.3 is 6.18 Å². The van der Waals surface area contributed by atoms with Crippen LogP contribution in [0, 0.1) is 6.92 Å². The van der Waals surface area contributed by atoms with Crippen LogP contribution < -0.4 is 5.32 Å². The number of nitrogens with one attached hydrogen (secondary N) is 1. The number of sulfonamides is 1. The van der Waals surface area contributed by atoms with Crippen molar-refractivity contribution in [3.63, 3.8) is 0 Å². The average Bonchev–Trinajstić information content (AvgIpc) is 2.46. The molecule has 1 saturated heterocycles. The first kappa shape index (κ1) is 17.2. The molecule has 2 rings (SSSR count). The first-order valence-corrected chi connectivity index (χ1v) is 8.44. The molecule has 4 nitrogen and oxygen atoms in total. The van der Waals surface area contributed by atoms with Crippen molar-refractivity contribution < 1.29 is 21.6 Å². The van der Waals surface area contributed by atoms with Gasteiger partial charge in [0.2, 0.25) is 10.0 Å². The molecular weight excluding hydrogens is 317 g/mol. The lowest BCUT2D eigenvalue weighted by molar-refractivity contribution is -0.137. The third-order valence-corrected chi connectivity index (χ3v) is 6.05. The zero-order valence-corrected chi connectivity index (χ0v) is 13.3. The number of hydrogen-bond acceptors (Lipinski definition) is 3. The predicted molar refractivity (Wildman–Crippen MR) is 77.0 cm³/mol. The van der Waals surface area contributed by atoms with Gasteiger partial charge in [-0.05, 0) is 56.6 Å². The van der Waals surface area contributed by atoms with E-state index in [-0.39, 0.29) is 16.5 Å². The Balaban J connectivity index is 2.33. The number of hydrogen-bond donors (Lipinski definition) is 1. The Bertz CT molecular complexity index is 638. The highest BCUT2D eigenvalue weighted by Crippen LogP contribution is 2.32. The third kappa shape index (κ3) is 3.44. The molecule has 8 heteroatoms. The van der Waals surface area contributed by atoms with E-state index in [9.17, 15) is 21.6 Å². The zero-order valence-electron chi connectivity index (χ0n) is 12.4. The van der Waals surface area contributed by atoms with Crippen LogP contribution in [0.15, 0.2) is 23.1 Å². The van der Waals surface area contributed by atoms with E-state index < -0.39 is 21.8 Å². The summed E-state index contributed by atoms with van der Waals surface area (Å²) in [6.07, 6.45) is -3.10. The molecule has 0 amide bonds. The van der Waals surface area contributed by atoms with Crippen LogP contribution in [-0.4, -0.2) is 38.9 Å². The van der Waals surface area contributed by atoms with Crippen molar-refractivity contribution in [2.45, 2.75) is 36.9 Å². The van der Waals surface area contributed by atoms with Gasteiger partial charge in [0.25, 0.3) is 0 Å². The van der Waals surface area contributed by atoms with Crippen LogP contribution in [0.2, 0.25) is 0 Å².